The first-order valence-corrected chi connectivity index (χ1v) is 6.61. The summed E-state index contributed by atoms with van der Waals surface area (Å²) in [6.45, 7) is 4.26. The van der Waals surface area contributed by atoms with Gasteiger partial charge in [0.2, 0.25) is 5.91 Å². The maximum Gasteiger partial charge on any atom is 0.389 e. The number of amides is 1. The molecule has 0 bridgehead atoms. The van der Waals surface area contributed by atoms with E-state index in [0.717, 1.165) is 17.0 Å². The normalized spacial score (nSPS) is 19.6. The number of H-pyrrole nitrogens is 1. The van der Waals surface area contributed by atoms with Crippen LogP contribution in [0.5, 0.6) is 0 Å². The Bertz CT molecular complexity index is 476. The molecular formula is C13H18F3N3O. The third-order valence-electron chi connectivity index (χ3n) is 3.77. The van der Waals surface area contributed by atoms with E-state index in [0.29, 0.717) is 13.0 Å². The second-order valence-electron chi connectivity index (χ2n) is 5.40. The molecule has 1 aromatic heterocycles. The van der Waals surface area contributed by atoms with Crippen molar-refractivity contribution in [3.63, 3.8) is 0 Å². The van der Waals surface area contributed by atoms with Crippen molar-refractivity contribution in [2.75, 3.05) is 13.1 Å². The smallest absolute Gasteiger partial charge is 0.342 e. The van der Waals surface area contributed by atoms with Crippen LogP contribution in [0, 0.1) is 19.8 Å². The first-order valence-electron chi connectivity index (χ1n) is 6.61. The summed E-state index contributed by atoms with van der Waals surface area (Å²) in [5.74, 6) is -0.590. The second-order valence-corrected chi connectivity index (χ2v) is 5.40. The minimum Gasteiger partial charge on any atom is -0.342 e. The fourth-order valence-electron chi connectivity index (χ4n) is 2.65. The van der Waals surface area contributed by atoms with Gasteiger partial charge in [-0.2, -0.15) is 18.3 Å². The van der Waals surface area contributed by atoms with Gasteiger partial charge >= 0.3 is 6.18 Å². The maximum atomic E-state index is 12.3. The molecule has 1 amide bonds. The van der Waals surface area contributed by atoms with Crippen LogP contribution in [0.25, 0.3) is 0 Å². The van der Waals surface area contributed by atoms with Gasteiger partial charge in [0.05, 0.1) is 12.1 Å². The molecule has 0 aromatic carbocycles. The van der Waals surface area contributed by atoms with E-state index < -0.39 is 18.5 Å². The monoisotopic (exact) mass is 289 g/mol. The maximum absolute atomic E-state index is 12.3. The van der Waals surface area contributed by atoms with Crippen LogP contribution in [0.15, 0.2) is 0 Å². The zero-order chi connectivity index (χ0) is 14.9. The van der Waals surface area contributed by atoms with Crippen molar-refractivity contribution >= 4 is 5.91 Å². The Kier molecular flexibility index (Phi) is 4.06. The average Bonchev–Trinajstić information content (AvgIpc) is 2.88. The summed E-state index contributed by atoms with van der Waals surface area (Å²) in [5, 5.41) is 6.82. The van der Waals surface area contributed by atoms with Gasteiger partial charge in [-0.05, 0) is 26.2 Å². The minimum absolute atomic E-state index is 0.123. The second kappa shape index (κ2) is 5.46. The standard InChI is InChI=1S/C13H18F3N3O/c1-8-11(9(2)18-17-8)5-12(20)19-4-3-10(7-19)6-13(14,15)16/h10H,3-7H2,1-2H3,(H,17,18). The number of carbonyl (C=O) groups excluding carboxylic acids is 1. The Hall–Kier alpha value is -1.53. The van der Waals surface area contributed by atoms with Gasteiger partial charge in [0.15, 0.2) is 0 Å². The number of likely N-dealkylation sites (tertiary alicyclic amines) is 1. The average molecular weight is 289 g/mol. The molecule has 2 heterocycles. The Morgan fingerprint density at radius 3 is 2.70 bits per heavy atom. The molecule has 1 aliphatic rings. The SMILES string of the molecule is Cc1n[nH]c(C)c1CC(=O)N1CCC(CC(F)(F)F)C1. The van der Waals surface area contributed by atoms with Crippen LogP contribution in [-0.4, -0.2) is 40.3 Å². The Balaban J connectivity index is 1.92. The van der Waals surface area contributed by atoms with Gasteiger partial charge in [-0.15, -0.1) is 0 Å². The molecule has 112 valence electrons. The highest BCUT2D eigenvalue weighted by molar-refractivity contribution is 5.79. The topological polar surface area (TPSA) is 49.0 Å². The van der Waals surface area contributed by atoms with Crippen molar-refractivity contribution in [1.29, 1.82) is 0 Å². The molecule has 0 saturated carbocycles. The van der Waals surface area contributed by atoms with Crippen molar-refractivity contribution in [3.8, 4) is 0 Å². The van der Waals surface area contributed by atoms with Crippen LogP contribution in [0.2, 0.25) is 0 Å². The predicted molar refractivity (Wildman–Crippen MR) is 67.1 cm³/mol. The molecule has 1 saturated heterocycles. The molecule has 7 heteroatoms. The van der Waals surface area contributed by atoms with Gasteiger partial charge in [-0.25, -0.2) is 0 Å². The fourth-order valence-corrected chi connectivity index (χ4v) is 2.65. The molecule has 1 atom stereocenters. The van der Waals surface area contributed by atoms with E-state index in [2.05, 4.69) is 10.2 Å². The molecule has 1 unspecified atom stereocenters. The molecule has 1 N–H and O–H groups in total. The molecule has 1 aromatic rings. The van der Waals surface area contributed by atoms with Crippen LogP contribution in [0.3, 0.4) is 0 Å². The van der Waals surface area contributed by atoms with E-state index in [9.17, 15) is 18.0 Å². The van der Waals surface area contributed by atoms with Gasteiger partial charge in [-0.1, -0.05) is 0 Å². The van der Waals surface area contributed by atoms with Gasteiger partial charge in [-0.3, -0.25) is 9.89 Å². The molecule has 20 heavy (non-hydrogen) atoms. The van der Waals surface area contributed by atoms with Gasteiger partial charge < -0.3 is 4.90 Å². The number of aromatic amines is 1. The van der Waals surface area contributed by atoms with Crippen LogP contribution >= 0.6 is 0 Å². The van der Waals surface area contributed by atoms with Crippen LogP contribution < -0.4 is 0 Å². The van der Waals surface area contributed by atoms with E-state index in [1.807, 2.05) is 13.8 Å². The first-order chi connectivity index (χ1) is 9.26. The number of aromatic nitrogens is 2. The largest absolute Gasteiger partial charge is 0.389 e. The van der Waals surface area contributed by atoms with Crippen molar-refractivity contribution in [2.45, 2.75) is 39.3 Å². The quantitative estimate of drug-likeness (QED) is 0.928. The van der Waals surface area contributed by atoms with Crippen molar-refractivity contribution in [1.82, 2.24) is 15.1 Å². The Labute approximate surface area is 115 Å². The molecule has 1 aliphatic heterocycles. The molecule has 0 radical (unpaired) electrons. The molecule has 0 aliphatic carbocycles. The zero-order valence-electron chi connectivity index (χ0n) is 11.5. The van der Waals surface area contributed by atoms with E-state index in [1.165, 1.54) is 4.90 Å². The zero-order valence-corrected chi connectivity index (χ0v) is 11.5. The number of carbonyl (C=O) groups is 1. The molecule has 0 spiro atoms. The van der Waals surface area contributed by atoms with Crippen molar-refractivity contribution in [2.24, 2.45) is 5.92 Å². The lowest BCUT2D eigenvalue weighted by atomic mass is 10.1. The number of aryl methyl sites for hydroxylation is 2. The number of nitrogens with one attached hydrogen (secondary N) is 1. The lowest BCUT2D eigenvalue weighted by molar-refractivity contribution is -0.144. The minimum atomic E-state index is -4.15. The molecular weight excluding hydrogens is 271 g/mol. The summed E-state index contributed by atoms with van der Waals surface area (Å²) in [6, 6.07) is 0. The number of rotatable bonds is 3. The number of nitrogens with zero attached hydrogens (tertiary/aromatic N) is 2. The number of alkyl halides is 3. The summed E-state index contributed by atoms with van der Waals surface area (Å²) in [6.07, 6.45) is -4.33. The van der Waals surface area contributed by atoms with E-state index in [1.54, 1.807) is 0 Å². The summed E-state index contributed by atoms with van der Waals surface area (Å²) in [5.41, 5.74) is 2.44. The summed E-state index contributed by atoms with van der Waals surface area (Å²) >= 11 is 0. The first kappa shape index (κ1) is 14.9. The highest BCUT2D eigenvalue weighted by atomic mass is 19.4. The van der Waals surface area contributed by atoms with Crippen LogP contribution in [0.1, 0.15) is 29.8 Å². The summed E-state index contributed by atoms with van der Waals surface area (Å²) in [4.78, 5) is 13.7. The Morgan fingerprint density at radius 2 is 2.15 bits per heavy atom. The number of halogens is 3. The third-order valence-corrected chi connectivity index (χ3v) is 3.77. The van der Waals surface area contributed by atoms with Crippen LogP contribution in [-0.2, 0) is 11.2 Å². The van der Waals surface area contributed by atoms with Crippen molar-refractivity contribution < 1.29 is 18.0 Å². The van der Waals surface area contributed by atoms with Gasteiger partial charge in [0.1, 0.15) is 0 Å². The third kappa shape index (κ3) is 3.52. The lowest BCUT2D eigenvalue weighted by Gasteiger charge is -2.17. The van der Waals surface area contributed by atoms with E-state index in [-0.39, 0.29) is 18.9 Å². The fraction of sp³-hybridized carbons (Fsp3) is 0.692. The molecule has 1 fully saturated rings. The summed E-state index contributed by atoms with van der Waals surface area (Å²) < 4.78 is 37.0. The van der Waals surface area contributed by atoms with Gasteiger partial charge in [0, 0.05) is 30.8 Å². The number of hydrogen-bond donors (Lipinski definition) is 1. The molecule has 2 rings (SSSR count). The highest BCUT2D eigenvalue weighted by Gasteiger charge is 2.36. The highest BCUT2D eigenvalue weighted by Crippen LogP contribution is 2.30. The Morgan fingerprint density at radius 1 is 1.45 bits per heavy atom. The van der Waals surface area contributed by atoms with Gasteiger partial charge in [0.25, 0.3) is 0 Å². The van der Waals surface area contributed by atoms with E-state index in [4.69, 9.17) is 0 Å². The van der Waals surface area contributed by atoms with E-state index >= 15 is 0 Å². The van der Waals surface area contributed by atoms with Crippen LogP contribution in [0.4, 0.5) is 13.2 Å². The molecule has 4 nitrogen and oxygen atoms in total. The van der Waals surface area contributed by atoms with Crippen molar-refractivity contribution in [3.05, 3.63) is 17.0 Å². The predicted octanol–water partition coefficient (Wildman–Crippen LogP) is 2.37. The summed E-state index contributed by atoms with van der Waals surface area (Å²) in [7, 11) is 0. The number of hydrogen-bond acceptors (Lipinski definition) is 2. The lowest BCUT2D eigenvalue weighted by Crippen LogP contribution is -2.31.